The number of carbonyl (C=O) groups is 2. The van der Waals surface area contributed by atoms with Gasteiger partial charge in [0.25, 0.3) is 0 Å². The number of ether oxygens (including phenoxy) is 1. The summed E-state index contributed by atoms with van der Waals surface area (Å²) in [5, 5.41) is 2.84. The Morgan fingerprint density at radius 2 is 1.89 bits per heavy atom. The minimum atomic E-state index is -0.482. The Bertz CT molecular complexity index is 358. The van der Waals surface area contributed by atoms with Crippen molar-refractivity contribution in [3.05, 3.63) is 0 Å². The van der Waals surface area contributed by atoms with Gasteiger partial charge in [0.15, 0.2) is 0 Å². The van der Waals surface area contributed by atoms with Gasteiger partial charge in [-0.2, -0.15) is 0 Å². The molecular formula is C14H24N2O3. The molecular weight excluding hydrogens is 244 g/mol. The first-order chi connectivity index (χ1) is 8.85. The van der Waals surface area contributed by atoms with Crippen molar-refractivity contribution in [3.63, 3.8) is 0 Å². The average molecular weight is 268 g/mol. The first-order valence-electron chi connectivity index (χ1n) is 7.13. The summed E-state index contributed by atoms with van der Waals surface area (Å²) >= 11 is 0. The molecule has 108 valence electrons. The van der Waals surface area contributed by atoms with Crippen LogP contribution in [0.5, 0.6) is 0 Å². The van der Waals surface area contributed by atoms with Crippen LogP contribution in [0, 0.1) is 5.92 Å². The van der Waals surface area contributed by atoms with E-state index in [-0.39, 0.29) is 17.9 Å². The maximum Gasteiger partial charge on any atom is 0.407 e. The van der Waals surface area contributed by atoms with Gasteiger partial charge >= 0.3 is 6.09 Å². The molecule has 1 N–H and O–H groups in total. The van der Waals surface area contributed by atoms with E-state index >= 15 is 0 Å². The average Bonchev–Trinajstić information content (AvgIpc) is 2.59. The van der Waals surface area contributed by atoms with E-state index in [0.29, 0.717) is 6.54 Å². The third kappa shape index (κ3) is 3.85. The zero-order chi connectivity index (χ0) is 14.0. The number of alkyl carbamates (subject to hydrolysis) is 1. The van der Waals surface area contributed by atoms with Crippen molar-refractivity contribution in [1.29, 1.82) is 0 Å². The number of rotatable bonds is 2. The van der Waals surface area contributed by atoms with Crippen LogP contribution in [0.1, 0.15) is 46.5 Å². The molecule has 5 nitrogen and oxygen atoms in total. The second kappa shape index (κ2) is 5.39. The summed E-state index contributed by atoms with van der Waals surface area (Å²) < 4.78 is 5.22. The van der Waals surface area contributed by atoms with Gasteiger partial charge in [0.1, 0.15) is 5.60 Å². The molecule has 1 saturated heterocycles. The van der Waals surface area contributed by atoms with Gasteiger partial charge in [0.2, 0.25) is 5.91 Å². The molecule has 1 aliphatic carbocycles. The smallest absolute Gasteiger partial charge is 0.407 e. The Kier molecular flexibility index (Phi) is 4.02. The summed E-state index contributed by atoms with van der Waals surface area (Å²) in [6, 6.07) is 0.0267. The summed E-state index contributed by atoms with van der Waals surface area (Å²) in [7, 11) is 0. The SMILES string of the molecule is CC(C)(C)OC(=O)NC1CCN(C(=O)C2CCC2)C1. The van der Waals surface area contributed by atoms with E-state index in [2.05, 4.69) is 5.32 Å². The summed E-state index contributed by atoms with van der Waals surface area (Å²) in [5.74, 6) is 0.500. The highest BCUT2D eigenvalue weighted by Gasteiger charge is 2.34. The summed E-state index contributed by atoms with van der Waals surface area (Å²) in [6.07, 6.45) is 3.65. The predicted molar refractivity (Wildman–Crippen MR) is 71.7 cm³/mol. The van der Waals surface area contributed by atoms with Crippen molar-refractivity contribution < 1.29 is 14.3 Å². The second-order valence-corrected chi connectivity index (χ2v) is 6.54. The topological polar surface area (TPSA) is 58.6 Å². The number of nitrogens with zero attached hydrogens (tertiary/aromatic N) is 1. The number of amides is 2. The fraction of sp³-hybridized carbons (Fsp3) is 0.857. The van der Waals surface area contributed by atoms with Crippen LogP contribution in [0.3, 0.4) is 0 Å². The van der Waals surface area contributed by atoms with Crippen LogP contribution in [0.2, 0.25) is 0 Å². The van der Waals surface area contributed by atoms with Crippen LogP contribution in [-0.2, 0) is 9.53 Å². The van der Waals surface area contributed by atoms with Crippen molar-refractivity contribution in [3.8, 4) is 0 Å². The van der Waals surface area contributed by atoms with Gasteiger partial charge in [0.05, 0.1) is 6.04 Å². The minimum absolute atomic E-state index is 0.0267. The Balaban J connectivity index is 1.75. The minimum Gasteiger partial charge on any atom is -0.444 e. The highest BCUT2D eigenvalue weighted by molar-refractivity contribution is 5.80. The van der Waals surface area contributed by atoms with Gasteiger partial charge in [0, 0.05) is 19.0 Å². The van der Waals surface area contributed by atoms with E-state index in [1.54, 1.807) is 0 Å². The molecule has 1 saturated carbocycles. The molecule has 2 aliphatic rings. The molecule has 0 bridgehead atoms. The lowest BCUT2D eigenvalue weighted by atomic mass is 9.84. The van der Waals surface area contributed by atoms with Crippen LogP contribution in [0.15, 0.2) is 0 Å². The molecule has 1 unspecified atom stereocenters. The van der Waals surface area contributed by atoms with Crippen molar-refractivity contribution in [2.45, 2.75) is 58.1 Å². The van der Waals surface area contributed by atoms with E-state index in [0.717, 1.165) is 25.8 Å². The molecule has 0 spiro atoms. The van der Waals surface area contributed by atoms with E-state index in [1.807, 2.05) is 25.7 Å². The lowest BCUT2D eigenvalue weighted by Gasteiger charge is -2.29. The summed E-state index contributed by atoms with van der Waals surface area (Å²) in [6.45, 7) is 6.89. The third-order valence-electron chi connectivity index (χ3n) is 3.68. The van der Waals surface area contributed by atoms with Crippen LogP contribution in [0.25, 0.3) is 0 Å². The molecule has 0 aromatic heterocycles. The molecule has 1 aliphatic heterocycles. The molecule has 19 heavy (non-hydrogen) atoms. The Morgan fingerprint density at radius 1 is 1.21 bits per heavy atom. The van der Waals surface area contributed by atoms with E-state index in [4.69, 9.17) is 4.74 Å². The van der Waals surface area contributed by atoms with Crippen molar-refractivity contribution in [2.24, 2.45) is 5.92 Å². The van der Waals surface area contributed by atoms with Crippen molar-refractivity contribution in [1.82, 2.24) is 10.2 Å². The van der Waals surface area contributed by atoms with E-state index < -0.39 is 11.7 Å². The van der Waals surface area contributed by atoms with Gasteiger partial charge in [-0.05, 0) is 40.0 Å². The van der Waals surface area contributed by atoms with Crippen LogP contribution in [0.4, 0.5) is 4.79 Å². The maximum absolute atomic E-state index is 12.1. The molecule has 2 amide bonds. The molecule has 1 heterocycles. The first-order valence-corrected chi connectivity index (χ1v) is 7.13. The monoisotopic (exact) mass is 268 g/mol. The Hall–Kier alpha value is -1.26. The fourth-order valence-corrected chi connectivity index (χ4v) is 2.47. The van der Waals surface area contributed by atoms with Gasteiger partial charge in [-0.3, -0.25) is 4.79 Å². The van der Waals surface area contributed by atoms with Crippen LogP contribution >= 0.6 is 0 Å². The standard InChI is InChI=1S/C14H24N2O3/c1-14(2,3)19-13(18)15-11-7-8-16(9-11)12(17)10-5-4-6-10/h10-11H,4-9H2,1-3H3,(H,15,18). The fourth-order valence-electron chi connectivity index (χ4n) is 2.47. The first kappa shape index (κ1) is 14.2. The molecule has 2 rings (SSSR count). The Morgan fingerprint density at radius 3 is 2.42 bits per heavy atom. The van der Waals surface area contributed by atoms with E-state index in [9.17, 15) is 9.59 Å². The highest BCUT2D eigenvalue weighted by Crippen LogP contribution is 2.29. The van der Waals surface area contributed by atoms with Gasteiger partial charge in [-0.15, -0.1) is 0 Å². The van der Waals surface area contributed by atoms with E-state index in [1.165, 1.54) is 6.42 Å². The molecule has 0 radical (unpaired) electrons. The summed E-state index contributed by atoms with van der Waals surface area (Å²) in [5.41, 5.74) is -0.482. The van der Waals surface area contributed by atoms with Crippen molar-refractivity contribution in [2.75, 3.05) is 13.1 Å². The lowest BCUT2D eigenvalue weighted by molar-refractivity contribution is -0.137. The number of likely N-dealkylation sites (tertiary alicyclic amines) is 1. The Labute approximate surface area is 114 Å². The highest BCUT2D eigenvalue weighted by atomic mass is 16.6. The molecule has 5 heteroatoms. The quantitative estimate of drug-likeness (QED) is 0.832. The van der Waals surface area contributed by atoms with Gasteiger partial charge in [-0.25, -0.2) is 4.79 Å². The zero-order valence-electron chi connectivity index (χ0n) is 12.1. The van der Waals surface area contributed by atoms with Gasteiger partial charge < -0.3 is 15.0 Å². The largest absolute Gasteiger partial charge is 0.444 e. The number of hydrogen-bond donors (Lipinski definition) is 1. The number of nitrogens with one attached hydrogen (secondary N) is 1. The molecule has 0 aromatic rings. The molecule has 2 fully saturated rings. The van der Waals surface area contributed by atoms with Gasteiger partial charge in [-0.1, -0.05) is 6.42 Å². The normalized spacial score (nSPS) is 23.9. The maximum atomic E-state index is 12.1. The number of carbonyl (C=O) groups excluding carboxylic acids is 2. The molecule has 0 aromatic carbocycles. The van der Waals surface area contributed by atoms with Crippen LogP contribution < -0.4 is 5.32 Å². The molecule has 1 atom stereocenters. The second-order valence-electron chi connectivity index (χ2n) is 6.54. The number of hydrogen-bond acceptors (Lipinski definition) is 3. The zero-order valence-corrected chi connectivity index (χ0v) is 12.1. The summed E-state index contributed by atoms with van der Waals surface area (Å²) in [4.78, 5) is 25.6. The third-order valence-corrected chi connectivity index (χ3v) is 3.68. The predicted octanol–water partition coefficient (Wildman–Crippen LogP) is 1.91. The van der Waals surface area contributed by atoms with Crippen molar-refractivity contribution >= 4 is 12.0 Å². The van der Waals surface area contributed by atoms with Crippen LogP contribution in [-0.4, -0.2) is 41.6 Å². The lowest BCUT2D eigenvalue weighted by Crippen LogP contribution is -2.43.